The number of ether oxygens (including phenoxy) is 1. The second kappa shape index (κ2) is 11.5. The molecule has 0 fully saturated rings. The van der Waals surface area contributed by atoms with E-state index in [1.807, 2.05) is 51.1 Å². The molecule has 0 bridgehead atoms. The van der Waals surface area contributed by atoms with E-state index in [4.69, 9.17) is 16.3 Å². The van der Waals surface area contributed by atoms with Crippen molar-refractivity contribution < 1.29 is 37.3 Å². The van der Waals surface area contributed by atoms with Gasteiger partial charge in [0.15, 0.2) is 0 Å². The standard InChI is InChI=1S/C26H26ClF3NOP.W/c1-16(31-15-26(2,3)32-23-12-21(29)11-22(30)13-23)25(8-17-4-6-19(27)7-5-17)18-9-20(28)14-24(33)10-18;/h4-7,9-14,16,25,31H,8,33H2,1-3H3;. The Morgan fingerprint density at radius 3 is 2.18 bits per heavy atom. The predicted octanol–water partition coefficient (Wildman–Crippen LogP) is 6.10. The summed E-state index contributed by atoms with van der Waals surface area (Å²) in [7, 11) is 2.55. The summed E-state index contributed by atoms with van der Waals surface area (Å²) >= 11 is 7.17. The molecule has 0 spiro atoms. The summed E-state index contributed by atoms with van der Waals surface area (Å²) in [5.74, 6) is -1.63. The van der Waals surface area contributed by atoms with Crippen LogP contribution in [-0.2, 0) is 25.8 Å². The van der Waals surface area contributed by atoms with Crippen molar-refractivity contribution in [1.82, 2.24) is 5.32 Å². The number of rotatable bonds is 9. The van der Waals surface area contributed by atoms with Gasteiger partial charge < -0.3 is 0 Å². The zero-order valence-electron chi connectivity index (χ0n) is 19.0. The van der Waals surface area contributed by atoms with Gasteiger partial charge in [-0.2, -0.15) is 0 Å². The zero-order valence-corrected chi connectivity index (χ0v) is 23.9. The van der Waals surface area contributed by atoms with Crippen LogP contribution >= 0.6 is 20.8 Å². The van der Waals surface area contributed by atoms with Crippen LogP contribution < -0.4 is 15.4 Å². The molecule has 0 radical (unpaired) electrons. The third kappa shape index (κ3) is 7.49. The van der Waals surface area contributed by atoms with Gasteiger partial charge in [-0.05, 0) is 0 Å². The van der Waals surface area contributed by atoms with Gasteiger partial charge in [-0.15, -0.1) is 0 Å². The van der Waals surface area contributed by atoms with Gasteiger partial charge in [0.2, 0.25) is 0 Å². The maximum absolute atomic E-state index is 14.3. The Labute approximate surface area is 216 Å². The van der Waals surface area contributed by atoms with Gasteiger partial charge in [-0.25, -0.2) is 0 Å². The van der Waals surface area contributed by atoms with Crippen molar-refractivity contribution in [2.24, 2.45) is 0 Å². The van der Waals surface area contributed by atoms with Crippen LogP contribution in [0, 0.1) is 17.5 Å². The van der Waals surface area contributed by atoms with Crippen LogP contribution in [-0.4, -0.2) is 15.7 Å². The molecule has 8 heteroatoms. The van der Waals surface area contributed by atoms with Gasteiger partial charge in [0.1, 0.15) is 0 Å². The molecule has 0 amide bonds. The third-order valence-electron chi connectivity index (χ3n) is 5.46. The Morgan fingerprint density at radius 1 is 1.00 bits per heavy atom. The summed E-state index contributed by atoms with van der Waals surface area (Å²) in [6.07, 6.45) is 0.665. The van der Waals surface area contributed by atoms with Crippen molar-refractivity contribution in [2.75, 3.05) is 0 Å². The van der Waals surface area contributed by atoms with Crippen LogP contribution in [0.5, 0.6) is 5.75 Å². The van der Waals surface area contributed by atoms with Crippen molar-refractivity contribution in [2.45, 2.75) is 44.8 Å². The third-order valence-corrected chi connectivity index (χ3v) is 8.23. The van der Waals surface area contributed by atoms with Crippen LogP contribution in [0.2, 0.25) is 5.02 Å². The Bertz CT molecular complexity index is 1130. The summed E-state index contributed by atoms with van der Waals surface area (Å²) in [6, 6.07) is 15.7. The fourth-order valence-corrected chi connectivity index (χ4v) is 5.01. The first kappa shape index (κ1) is 27.1. The second-order valence-electron chi connectivity index (χ2n) is 8.73. The van der Waals surface area contributed by atoms with Gasteiger partial charge in [0.25, 0.3) is 0 Å². The number of hydrogen-bond donors (Lipinski definition) is 1. The first-order valence-corrected chi connectivity index (χ1v) is 13.1. The molecule has 0 saturated carbocycles. The van der Waals surface area contributed by atoms with Crippen LogP contribution in [0.3, 0.4) is 0 Å². The van der Waals surface area contributed by atoms with Crippen LogP contribution in [0.4, 0.5) is 13.2 Å². The minimum atomic E-state index is -0.831. The Balaban J connectivity index is 1.83. The molecule has 0 aliphatic heterocycles. The van der Waals surface area contributed by atoms with E-state index in [0.717, 1.165) is 58.0 Å². The summed E-state index contributed by atoms with van der Waals surface area (Å²) in [5, 5.41) is 4.95. The van der Waals surface area contributed by atoms with E-state index < -0.39 is 17.2 Å². The molecule has 3 aromatic carbocycles. The van der Waals surface area contributed by atoms with E-state index in [-0.39, 0.29) is 23.5 Å². The summed E-state index contributed by atoms with van der Waals surface area (Å²) in [5.41, 5.74) is 1.12. The number of benzene rings is 3. The second-order valence-corrected chi connectivity index (χ2v) is 11.3. The molecule has 0 heterocycles. The molecule has 1 N–H and O–H groups in total. The van der Waals surface area contributed by atoms with E-state index >= 15 is 0 Å². The number of halogens is 4. The number of nitrogens with one attached hydrogen (secondary N) is 1. The van der Waals surface area contributed by atoms with Crippen LogP contribution in [0.25, 0.3) is 0 Å². The molecule has 3 atom stereocenters. The molecule has 34 heavy (non-hydrogen) atoms. The summed E-state index contributed by atoms with van der Waals surface area (Å²) in [4.78, 5) is 0. The predicted molar refractivity (Wildman–Crippen MR) is 132 cm³/mol. The van der Waals surface area contributed by atoms with Crippen LogP contribution in [0.1, 0.15) is 37.8 Å². The van der Waals surface area contributed by atoms with Gasteiger partial charge in [-0.3, -0.25) is 0 Å². The molecule has 3 aromatic rings. The molecule has 2 nitrogen and oxygen atoms in total. The summed E-state index contributed by atoms with van der Waals surface area (Å²) in [6.45, 7) is 5.72. The molecule has 0 aliphatic rings. The minimum absolute atomic E-state index is 0.0621. The molecule has 3 unspecified atom stereocenters. The molecule has 0 aliphatic carbocycles. The zero-order chi connectivity index (χ0) is 25.0. The SMILES string of the molecule is CC(N[C](=[W])C(C)(C)Oc1cc(F)cc(F)c1)C(Cc1ccc(Cl)cc1)c1cc(F)cc(P)c1. The fourth-order valence-electron chi connectivity index (χ4n) is 3.72. The summed E-state index contributed by atoms with van der Waals surface area (Å²) < 4.78 is 48.3. The van der Waals surface area contributed by atoms with Crippen molar-refractivity contribution >= 4 is 30.2 Å². The van der Waals surface area contributed by atoms with E-state index in [9.17, 15) is 13.2 Å². The quantitative estimate of drug-likeness (QED) is 0.277. The van der Waals surface area contributed by atoms with Crippen molar-refractivity contribution in [3.63, 3.8) is 0 Å². The molecular weight excluding hydrogens is 650 g/mol. The average Bonchev–Trinajstić information content (AvgIpc) is 2.71. The number of hydrogen-bond acceptors (Lipinski definition) is 2. The molecular formula is C26H26ClF3NOPW. The van der Waals surface area contributed by atoms with E-state index in [1.165, 1.54) is 6.07 Å². The van der Waals surface area contributed by atoms with E-state index in [0.29, 0.717) is 11.4 Å². The van der Waals surface area contributed by atoms with Crippen molar-refractivity contribution in [3.8, 4) is 5.75 Å². The van der Waals surface area contributed by atoms with Gasteiger partial charge >= 0.3 is 218 Å². The monoisotopic (exact) mass is 675 g/mol. The van der Waals surface area contributed by atoms with E-state index in [2.05, 4.69) is 14.6 Å². The van der Waals surface area contributed by atoms with Crippen molar-refractivity contribution in [3.05, 3.63) is 94.3 Å². The van der Waals surface area contributed by atoms with Gasteiger partial charge in [0, 0.05) is 0 Å². The van der Waals surface area contributed by atoms with Crippen LogP contribution in [0.15, 0.2) is 60.7 Å². The molecule has 3 rings (SSSR count). The Kier molecular flexibility index (Phi) is 9.15. The molecule has 180 valence electrons. The maximum atomic E-state index is 14.3. The first-order chi connectivity index (χ1) is 15.9. The fraction of sp³-hybridized carbons (Fsp3) is 0.269. The molecule has 0 aromatic heterocycles. The van der Waals surface area contributed by atoms with E-state index in [1.54, 1.807) is 6.07 Å². The van der Waals surface area contributed by atoms with Crippen molar-refractivity contribution in [1.29, 1.82) is 0 Å². The van der Waals surface area contributed by atoms with Gasteiger partial charge in [0.05, 0.1) is 0 Å². The van der Waals surface area contributed by atoms with Gasteiger partial charge in [-0.1, -0.05) is 0 Å². The molecule has 0 saturated heterocycles. The Hall–Kier alpha value is -1.51. The average molecular weight is 676 g/mol. The first-order valence-electron chi connectivity index (χ1n) is 10.7. The Morgan fingerprint density at radius 2 is 1.59 bits per heavy atom. The topological polar surface area (TPSA) is 21.3 Å². The normalized spacial score (nSPS) is 13.4.